The number of esters is 2. The topological polar surface area (TPSA) is 333 Å². The summed E-state index contributed by atoms with van der Waals surface area (Å²) in [6.07, 6.45) is 19.7. The highest BCUT2D eigenvalue weighted by Gasteiger charge is 2.43. The van der Waals surface area contributed by atoms with Crippen LogP contribution in [0.3, 0.4) is 0 Å². The van der Waals surface area contributed by atoms with Crippen LogP contribution in [0.15, 0.2) is 58.4 Å². The predicted molar refractivity (Wildman–Crippen MR) is 528 cm³/mol. The van der Waals surface area contributed by atoms with E-state index in [1.54, 1.807) is 9.80 Å². The number of aldehydes is 1. The number of fused-ring (bicyclic) bond motifs is 4. The number of halogens is 4. The molecule has 754 valence electrons. The number of aromatic nitrogens is 2. The van der Waals surface area contributed by atoms with E-state index in [2.05, 4.69) is 125 Å². The molecule has 9 atom stereocenters. The normalized spacial score (nSPS) is 17.4. The number of pyridine rings is 2. The van der Waals surface area contributed by atoms with Crippen molar-refractivity contribution in [1.82, 2.24) is 44.7 Å². The fourth-order valence-corrected chi connectivity index (χ4v) is 15.0. The molecule has 3 saturated heterocycles. The zero-order valence-electron chi connectivity index (χ0n) is 85.1. The van der Waals surface area contributed by atoms with Gasteiger partial charge in [0.25, 0.3) is 11.8 Å². The molecule has 0 bridgehead atoms. The fraction of sp³-hybridized carbons (Fsp3) is 0.716. The van der Waals surface area contributed by atoms with E-state index in [0.717, 1.165) is 140 Å². The number of carbonyl (C=O) groups is 7. The minimum Gasteiger partial charge on any atom is -0.503 e. The molecule has 4 aromatic rings. The Morgan fingerprint density at radius 1 is 0.538 bits per heavy atom. The number of aryl methyl sites for hydroxylation is 2. The summed E-state index contributed by atoms with van der Waals surface area (Å²) in [7, 11) is 8.51. The van der Waals surface area contributed by atoms with Crippen molar-refractivity contribution in [3.8, 4) is 11.5 Å². The van der Waals surface area contributed by atoms with Gasteiger partial charge in [-0.05, 0) is 255 Å². The van der Waals surface area contributed by atoms with Gasteiger partial charge < -0.3 is 75.6 Å². The van der Waals surface area contributed by atoms with E-state index in [0.29, 0.717) is 81.1 Å². The number of nitrogens with one attached hydrogen (secondary N) is 3. The van der Waals surface area contributed by atoms with Crippen molar-refractivity contribution < 1.29 is 75.5 Å². The summed E-state index contributed by atoms with van der Waals surface area (Å²) in [5.41, 5.74) is 7.89. The van der Waals surface area contributed by atoms with Crippen LogP contribution in [0.1, 0.15) is 307 Å². The molecular weight excluding hydrogens is 1710 g/mol. The largest absolute Gasteiger partial charge is 0.503 e. The number of rotatable bonds is 35. The maximum atomic E-state index is 14.0. The van der Waals surface area contributed by atoms with Gasteiger partial charge in [-0.25, -0.2) is 17.6 Å². The first kappa shape index (κ1) is 123. The molecule has 0 spiro atoms. The van der Waals surface area contributed by atoms with Crippen molar-refractivity contribution in [2.75, 3.05) is 113 Å². The number of amides is 2. The molecule has 0 radical (unpaired) electrons. The lowest BCUT2D eigenvalue weighted by Gasteiger charge is -2.42. The highest BCUT2D eigenvalue weighted by molar-refractivity contribution is 7.16. The number of nitrogens with two attached hydrogens (primary N) is 2. The molecule has 2 aromatic heterocycles. The smallest absolute Gasteiger partial charge is 0.306 e. The van der Waals surface area contributed by atoms with Crippen molar-refractivity contribution in [1.29, 1.82) is 0 Å². The molecular formula is C102H174F4N11O14P. The van der Waals surface area contributed by atoms with E-state index >= 15 is 0 Å². The lowest BCUT2D eigenvalue weighted by molar-refractivity contribution is -0.156. The maximum Gasteiger partial charge on any atom is 0.306 e. The Hall–Kier alpha value is -7.34. The zero-order valence-corrected chi connectivity index (χ0v) is 86.2. The van der Waals surface area contributed by atoms with Crippen LogP contribution in [0.25, 0.3) is 0 Å². The fourth-order valence-electron chi connectivity index (χ4n) is 15.0. The van der Waals surface area contributed by atoms with Crippen molar-refractivity contribution in [3.63, 3.8) is 0 Å². The van der Waals surface area contributed by atoms with Crippen LogP contribution in [-0.4, -0.2) is 217 Å². The van der Waals surface area contributed by atoms with Crippen molar-refractivity contribution in [2.24, 2.45) is 70.6 Å². The molecule has 5 aliphatic heterocycles. The number of nitrogens with zero attached hydrogens (tertiary/aromatic N) is 6. The Kier molecular flexibility index (Phi) is 60.8. The van der Waals surface area contributed by atoms with E-state index in [1.807, 2.05) is 76.5 Å². The third-order valence-electron chi connectivity index (χ3n) is 22.4. The summed E-state index contributed by atoms with van der Waals surface area (Å²) >= 11 is 0. The number of Topliss-reactive ketones (excluding diaryl/α,β-unsaturated/α-hetero) is 2. The van der Waals surface area contributed by atoms with Gasteiger partial charge in [0, 0.05) is 109 Å². The molecule has 30 heteroatoms. The first-order chi connectivity index (χ1) is 62.0. The summed E-state index contributed by atoms with van der Waals surface area (Å²) in [6, 6.07) is 6.23. The van der Waals surface area contributed by atoms with Crippen molar-refractivity contribution in [3.05, 3.63) is 126 Å². The van der Waals surface area contributed by atoms with E-state index in [-0.39, 0.29) is 107 Å². The molecule has 0 saturated carbocycles. The van der Waals surface area contributed by atoms with Crippen LogP contribution in [0.4, 0.5) is 17.6 Å². The molecule has 9 N–H and O–H groups in total. The molecule has 9 rings (SSSR count). The number of hydrogen-bond donors (Lipinski definition) is 7. The number of aromatic hydroxyl groups is 2. The van der Waals surface area contributed by atoms with Crippen LogP contribution in [0, 0.1) is 82.4 Å². The second-order valence-electron chi connectivity index (χ2n) is 39.8. The molecule has 0 aliphatic carbocycles. The number of ketones is 2. The SMILES string of the molecule is C1CCOC1.CC(C)C=O.CC(C)CN1CC[C@@H](C)CN2C(=O)c3c(O)c(=O)c(C(=O)CCc4ccc(F)cc4F)cn3CC12.CC(C)CN1C[C@H](C)CCN2C(=O)c3c(O)c(=O)c(C(=O)CCc4ccc(F)cc4F)cn3CC12.CCP.CNCC[C@@H](C)CCC(=O)OC(C)(C)C.CNCC[C@@H](C)CCCC(C)C.CNCC[C@@H](C)CN.C[C@H](CCN)CCC(=O)OC(C)(C)C. The van der Waals surface area contributed by atoms with Gasteiger partial charge in [0.1, 0.15) is 53.1 Å². The van der Waals surface area contributed by atoms with Crippen LogP contribution in [-0.2, 0) is 54.5 Å². The van der Waals surface area contributed by atoms with Crippen LogP contribution in [0.5, 0.6) is 11.5 Å². The van der Waals surface area contributed by atoms with E-state index in [4.69, 9.17) is 25.7 Å². The summed E-state index contributed by atoms with van der Waals surface area (Å²) in [5, 5.41) is 30.8. The molecule has 5 aliphatic rings. The number of hydrogen-bond acceptors (Lipinski definition) is 21. The van der Waals surface area contributed by atoms with Crippen molar-refractivity contribution in [2.45, 2.75) is 304 Å². The predicted octanol–water partition coefficient (Wildman–Crippen LogP) is 17.1. The second-order valence-corrected chi connectivity index (χ2v) is 40.6. The molecule has 132 heavy (non-hydrogen) atoms. The summed E-state index contributed by atoms with van der Waals surface area (Å²) in [6.45, 7) is 54.9. The Morgan fingerprint density at radius 2 is 0.924 bits per heavy atom. The van der Waals surface area contributed by atoms with Crippen LogP contribution in [0.2, 0.25) is 0 Å². The summed E-state index contributed by atoms with van der Waals surface area (Å²) in [4.78, 5) is 119. The van der Waals surface area contributed by atoms with Gasteiger partial charge in [0.2, 0.25) is 10.9 Å². The standard InChI is InChI=1S/2C26H31F2N3O4.C12H25NO2.C11H23NO2.C11H25N.C6H16N2.2C4H8O.C2H7P/c1-15(2)11-29-12-16(3)8-9-31-22(29)14-30-13-19(24(33)25(34)23(30)26(31)35)21(32)7-5-17-4-6-18(27)10-20(17)28;1-15(2)11-29-9-8-16(3)12-31-22(29)14-30-13-19(24(33)25(34)23(30)26(31)35)21(32)7-5-17-4-6-18(27)10-20(17)28;1-10(8-9-13-5)6-7-11(14)15-12(2,3)4;1-9(7-8-12)5-6-10(13)14-11(2,3)4;1-10(2)6-5-7-11(3)8-9-12-4;1-6(5-7)3-4-8-2;1-2-4-5-3-1;1-4(2)3-5;1-2-3/h2*4,6,10,13,15-16,22,34H,5,7-9,11-12,14H2,1-3H3;10,13H,6-9H2,1-5H3;9H,5-8,12H2,1-4H3;10-12H,5-9H2,1-4H3;6,8H,3-5,7H2,1-2H3;1-4H2;3-4H,1-2H3;2-3H2,1H3/t2*16-,22?;10-;9-;11-;6-;;;/m110001.../s1. The quantitative estimate of drug-likeness (QED) is 0.00740. The van der Waals surface area contributed by atoms with Crippen LogP contribution < -0.4 is 38.3 Å². The van der Waals surface area contributed by atoms with Crippen molar-refractivity contribution >= 4 is 50.8 Å². The average molecular weight is 1890 g/mol. The molecule has 3 unspecified atom stereocenters. The molecule has 2 amide bonds. The van der Waals surface area contributed by atoms with E-state index in [9.17, 15) is 70.9 Å². The van der Waals surface area contributed by atoms with Gasteiger partial charge in [-0.1, -0.05) is 135 Å². The lowest BCUT2D eigenvalue weighted by atomic mass is 9.97. The van der Waals surface area contributed by atoms with Gasteiger partial charge in [0.05, 0.1) is 24.2 Å². The zero-order chi connectivity index (χ0) is 100. The number of benzene rings is 2. The number of carbonyl (C=O) groups excluding carboxylic acids is 7. The first-order valence-corrected chi connectivity index (χ1v) is 49.3. The van der Waals surface area contributed by atoms with Gasteiger partial charge in [-0.15, -0.1) is 9.24 Å². The monoisotopic (exact) mass is 1880 g/mol. The van der Waals surface area contributed by atoms with Gasteiger partial charge in [-0.2, -0.15) is 0 Å². The molecule has 7 heterocycles. The Bertz CT molecular complexity index is 4140. The minimum absolute atomic E-state index is 0.0255. The lowest BCUT2D eigenvalue weighted by Crippen LogP contribution is -2.57. The maximum absolute atomic E-state index is 14.0. The first-order valence-electron chi connectivity index (χ1n) is 48.5. The van der Waals surface area contributed by atoms with Gasteiger partial charge >= 0.3 is 11.9 Å². The van der Waals surface area contributed by atoms with Gasteiger partial charge in [-0.3, -0.25) is 48.2 Å². The average Bonchev–Trinajstić information content (AvgIpc) is 1.20. The highest BCUT2D eigenvalue weighted by atomic mass is 31.0. The molecule has 3 fully saturated rings. The van der Waals surface area contributed by atoms with E-state index < -0.39 is 69.0 Å². The third kappa shape index (κ3) is 48.9. The highest BCUT2D eigenvalue weighted by Crippen LogP contribution is 2.33. The summed E-state index contributed by atoms with van der Waals surface area (Å²) in [5.74, 6) is -1.48. The molecule has 2 aromatic carbocycles. The number of ether oxygens (including phenoxy) is 3. The van der Waals surface area contributed by atoms with Gasteiger partial charge in [0.15, 0.2) is 34.5 Å². The Labute approximate surface area is 791 Å². The Balaban J connectivity index is 0.000000824. The second kappa shape index (κ2) is 65.4. The Morgan fingerprint density at radius 3 is 1.30 bits per heavy atom. The van der Waals surface area contributed by atoms with E-state index in [1.165, 1.54) is 91.3 Å². The summed E-state index contributed by atoms with van der Waals surface area (Å²) < 4.78 is 72.6. The molecule has 25 nitrogen and oxygen atoms in total. The van der Waals surface area contributed by atoms with Crippen LogP contribution >= 0.6 is 9.24 Å². The third-order valence-corrected chi connectivity index (χ3v) is 22.4. The minimum atomic E-state index is -0.908.